The molecule has 3 aliphatic rings. The summed E-state index contributed by atoms with van der Waals surface area (Å²) in [5, 5.41) is 59.3. The third-order valence-electron chi connectivity index (χ3n) is 16.5. The van der Waals surface area contributed by atoms with Gasteiger partial charge < -0.3 is 47.2 Å². The van der Waals surface area contributed by atoms with Gasteiger partial charge in [-0.15, -0.1) is 0 Å². The standard InChI is InChI=1S/3C24H28ClN3O/c3*1-24(2,3)27-14-15-12-22(17-6-4-5-7-18(17)23(15)29)28-20-10-11-26-21-13-16(25)8-9-19(20)21/h3*8-13,27,29H,4-7,14H2,1-3H3,(H,26,28). The van der Waals surface area contributed by atoms with Crippen molar-refractivity contribution in [2.45, 2.75) is 176 Å². The molecule has 0 bridgehead atoms. The number of pyridine rings is 3. The van der Waals surface area contributed by atoms with E-state index in [0.717, 1.165) is 177 Å². The second-order valence-corrected chi connectivity index (χ2v) is 27.8. The van der Waals surface area contributed by atoms with Crippen molar-refractivity contribution >= 4 is 102 Å². The summed E-state index contributed by atoms with van der Waals surface area (Å²) in [5.41, 5.74) is 18.5. The Balaban J connectivity index is 0.000000144. The molecular weight excluding hydrogens is 1150 g/mol. The zero-order valence-corrected chi connectivity index (χ0v) is 54.1. The van der Waals surface area contributed by atoms with Crippen LogP contribution >= 0.6 is 34.8 Å². The van der Waals surface area contributed by atoms with E-state index in [1.54, 1.807) is 18.6 Å². The first kappa shape index (κ1) is 63.1. The molecule has 0 saturated carbocycles. The van der Waals surface area contributed by atoms with Crippen LogP contribution in [0.3, 0.4) is 0 Å². The Morgan fingerprint density at radius 1 is 0.345 bits per heavy atom. The number of benzene rings is 6. The molecule has 0 saturated heterocycles. The summed E-state index contributed by atoms with van der Waals surface area (Å²) in [7, 11) is 0. The Bertz CT molecular complexity index is 3570. The first-order chi connectivity index (χ1) is 41.4. The number of aromatic hydroxyl groups is 3. The van der Waals surface area contributed by atoms with Crippen molar-refractivity contribution in [1.82, 2.24) is 30.9 Å². The third kappa shape index (κ3) is 15.7. The summed E-state index contributed by atoms with van der Waals surface area (Å²) in [4.78, 5) is 13.3. The molecule has 0 spiro atoms. The molecular formula is C72H84Cl3N9O3. The monoisotopic (exact) mass is 1230 g/mol. The highest BCUT2D eigenvalue weighted by molar-refractivity contribution is 6.32. The van der Waals surface area contributed by atoms with Gasteiger partial charge in [-0.2, -0.15) is 0 Å². The van der Waals surface area contributed by atoms with E-state index in [2.05, 4.69) is 127 Å². The van der Waals surface area contributed by atoms with Crippen molar-refractivity contribution in [3.8, 4) is 17.2 Å². The van der Waals surface area contributed by atoms with E-state index in [0.29, 0.717) is 52.0 Å². The predicted molar refractivity (Wildman–Crippen MR) is 364 cm³/mol. The largest absolute Gasteiger partial charge is 0.507 e. The highest BCUT2D eigenvalue weighted by atomic mass is 35.5. The van der Waals surface area contributed by atoms with Crippen LogP contribution in [-0.4, -0.2) is 46.9 Å². The van der Waals surface area contributed by atoms with Crippen LogP contribution < -0.4 is 31.9 Å². The number of phenols is 3. The van der Waals surface area contributed by atoms with E-state index < -0.39 is 0 Å². The predicted octanol–water partition coefficient (Wildman–Crippen LogP) is 18.3. The Kier molecular flexibility index (Phi) is 19.5. The summed E-state index contributed by atoms with van der Waals surface area (Å²) >= 11 is 18.4. The number of rotatable bonds is 12. The average Bonchev–Trinajstić information content (AvgIpc) is 1.92. The number of halogens is 3. The van der Waals surface area contributed by atoms with Crippen LogP contribution in [0.5, 0.6) is 17.2 Å². The van der Waals surface area contributed by atoms with E-state index in [1.807, 2.05) is 72.8 Å². The molecule has 9 aromatic rings. The van der Waals surface area contributed by atoms with Gasteiger partial charge in [0.2, 0.25) is 0 Å². The molecule has 9 N–H and O–H groups in total. The Hall–Kier alpha value is -6.90. The number of phenolic OH excluding ortho intramolecular Hbond substituents is 3. The van der Waals surface area contributed by atoms with Gasteiger partial charge in [-0.3, -0.25) is 15.0 Å². The number of nitrogens with one attached hydrogen (secondary N) is 6. The minimum absolute atomic E-state index is 0.0174. The minimum atomic E-state index is -0.0174. The fourth-order valence-corrected chi connectivity index (χ4v) is 12.4. The molecule has 12 nitrogen and oxygen atoms in total. The van der Waals surface area contributed by atoms with Gasteiger partial charge in [0.25, 0.3) is 0 Å². The molecule has 0 atom stereocenters. The molecule has 12 rings (SSSR count). The number of hydrogen-bond acceptors (Lipinski definition) is 12. The lowest BCUT2D eigenvalue weighted by atomic mass is 9.87. The van der Waals surface area contributed by atoms with Gasteiger partial charge in [-0.1, -0.05) is 34.8 Å². The first-order valence-electron chi connectivity index (χ1n) is 30.7. The summed E-state index contributed by atoms with van der Waals surface area (Å²) in [5.74, 6) is 1.36. The lowest BCUT2D eigenvalue weighted by Crippen LogP contribution is -2.35. The van der Waals surface area contributed by atoms with Gasteiger partial charge in [0.15, 0.2) is 0 Å². The van der Waals surface area contributed by atoms with E-state index in [4.69, 9.17) is 34.8 Å². The second kappa shape index (κ2) is 26.8. The van der Waals surface area contributed by atoms with Crippen LogP contribution in [0.1, 0.15) is 151 Å². The maximum atomic E-state index is 10.9. The molecule has 3 aromatic heterocycles. The second-order valence-electron chi connectivity index (χ2n) is 26.5. The quantitative estimate of drug-likeness (QED) is 0.0531. The lowest BCUT2D eigenvalue weighted by Gasteiger charge is -2.26. The SMILES string of the molecule is CC(C)(C)NCc1cc(Nc2ccnc3cc(Cl)ccc23)c2c(c1O)CCCC2.CC(C)(C)NCc1cc(Nc2ccnc3cc(Cl)ccc23)c2c(c1O)CCCC2.CC(C)(C)NCc1cc(Nc2ccnc3cc(Cl)ccc23)c2c(c1O)CCCC2. The van der Waals surface area contributed by atoms with Gasteiger partial charge in [0.05, 0.1) is 16.6 Å². The highest BCUT2D eigenvalue weighted by Gasteiger charge is 2.26. The molecule has 87 heavy (non-hydrogen) atoms. The molecule has 15 heteroatoms. The topological polar surface area (TPSA) is 172 Å². The third-order valence-corrected chi connectivity index (χ3v) is 17.2. The number of aromatic nitrogens is 3. The zero-order chi connectivity index (χ0) is 61.8. The van der Waals surface area contributed by atoms with Crippen molar-refractivity contribution in [3.05, 3.63) is 175 Å². The summed E-state index contributed by atoms with van der Waals surface area (Å²) in [6, 6.07) is 29.6. The van der Waals surface area contributed by atoms with Crippen LogP contribution in [-0.2, 0) is 58.2 Å². The highest BCUT2D eigenvalue weighted by Crippen LogP contribution is 2.43. The van der Waals surface area contributed by atoms with Crippen LogP contribution in [0.2, 0.25) is 15.1 Å². The smallest absolute Gasteiger partial charge is 0.123 e. The number of anilines is 6. The van der Waals surface area contributed by atoms with Crippen LogP contribution in [0.25, 0.3) is 32.7 Å². The van der Waals surface area contributed by atoms with Crippen molar-refractivity contribution in [2.24, 2.45) is 0 Å². The van der Waals surface area contributed by atoms with Gasteiger partial charge in [0.1, 0.15) is 17.2 Å². The zero-order valence-electron chi connectivity index (χ0n) is 51.8. The number of hydrogen-bond donors (Lipinski definition) is 9. The van der Waals surface area contributed by atoms with Crippen LogP contribution in [0, 0.1) is 0 Å². The van der Waals surface area contributed by atoms with E-state index >= 15 is 0 Å². The van der Waals surface area contributed by atoms with E-state index in [-0.39, 0.29) is 16.6 Å². The molecule has 3 aliphatic carbocycles. The normalized spacial score (nSPS) is 14.1. The van der Waals surface area contributed by atoms with Crippen molar-refractivity contribution in [3.63, 3.8) is 0 Å². The van der Waals surface area contributed by atoms with Crippen molar-refractivity contribution in [1.29, 1.82) is 0 Å². The van der Waals surface area contributed by atoms with Gasteiger partial charge in [-0.05, 0) is 264 Å². The summed E-state index contributed by atoms with van der Waals surface area (Å²) in [6.45, 7) is 21.1. The van der Waals surface area contributed by atoms with E-state index in [9.17, 15) is 15.3 Å². The fourth-order valence-electron chi connectivity index (χ4n) is 11.9. The van der Waals surface area contributed by atoms with Crippen LogP contribution in [0.4, 0.5) is 34.1 Å². The molecule has 3 heterocycles. The summed E-state index contributed by atoms with van der Waals surface area (Å²) < 4.78 is 0. The first-order valence-corrected chi connectivity index (χ1v) is 31.9. The molecule has 456 valence electrons. The lowest BCUT2D eigenvalue weighted by molar-refractivity contribution is 0.408. The maximum Gasteiger partial charge on any atom is 0.123 e. The Morgan fingerprint density at radius 3 is 0.851 bits per heavy atom. The molecule has 0 radical (unpaired) electrons. The molecule has 0 aliphatic heterocycles. The van der Waals surface area contributed by atoms with Crippen LogP contribution in [0.15, 0.2) is 110 Å². The van der Waals surface area contributed by atoms with Gasteiger partial charge >= 0.3 is 0 Å². The van der Waals surface area contributed by atoms with Gasteiger partial charge in [-0.25, -0.2) is 0 Å². The maximum absolute atomic E-state index is 10.9. The van der Waals surface area contributed by atoms with E-state index in [1.165, 1.54) is 16.7 Å². The Labute approximate surface area is 528 Å². The fraction of sp³-hybridized carbons (Fsp3) is 0.375. The minimum Gasteiger partial charge on any atom is -0.507 e. The van der Waals surface area contributed by atoms with Crippen molar-refractivity contribution in [2.75, 3.05) is 16.0 Å². The van der Waals surface area contributed by atoms with Gasteiger partial charge in [0, 0.05) is 137 Å². The summed E-state index contributed by atoms with van der Waals surface area (Å²) in [6.07, 6.45) is 17.9. The Morgan fingerprint density at radius 2 is 0.598 bits per heavy atom. The molecule has 6 aromatic carbocycles. The molecule has 0 unspecified atom stereocenters. The molecule has 0 fully saturated rings. The average molecular weight is 1230 g/mol. The number of fused-ring (bicyclic) bond motifs is 6. The molecule has 0 amide bonds. The van der Waals surface area contributed by atoms with Crippen molar-refractivity contribution < 1.29 is 15.3 Å². The number of nitrogens with zero attached hydrogens (tertiary/aromatic N) is 3.